The average molecular weight is 473 g/mol. The summed E-state index contributed by atoms with van der Waals surface area (Å²) < 4.78 is 49.4. The monoisotopic (exact) mass is 473 g/mol. The standard InChI is InChI=1S/C23H18F3N3O3S/c1-31-17-7-5-14(6-8-17)11-20-21(30)28-22(33-20)29-27-13-18-9-10-19(32-18)15-3-2-4-16(12-15)23(24,25)26/h2-10,12-13,20H,11H2,1H3,(H,28,29,30). The number of amidine groups is 1. The van der Waals surface area contributed by atoms with Gasteiger partial charge in [0.2, 0.25) is 5.91 Å². The minimum atomic E-state index is -4.43. The normalized spacial score (nSPS) is 17.6. The summed E-state index contributed by atoms with van der Waals surface area (Å²) in [6.07, 6.45) is -2.58. The molecule has 1 fully saturated rings. The first-order valence-corrected chi connectivity index (χ1v) is 10.7. The minimum Gasteiger partial charge on any atom is -0.497 e. The van der Waals surface area contributed by atoms with Gasteiger partial charge < -0.3 is 14.5 Å². The summed E-state index contributed by atoms with van der Waals surface area (Å²) in [7, 11) is 1.59. The number of thioether (sulfide) groups is 1. The molecule has 0 radical (unpaired) electrons. The smallest absolute Gasteiger partial charge is 0.416 e. The van der Waals surface area contributed by atoms with Crippen LogP contribution in [0.15, 0.2) is 75.3 Å². The van der Waals surface area contributed by atoms with Crippen LogP contribution in [0.3, 0.4) is 0 Å². The molecule has 1 unspecified atom stereocenters. The van der Waals surface area contributed by atoms with Crippen LogP contribution in [-0.4, -0.2) is 29.6 Å². The zero-order valence-corrected chi connectivity index (χ0v) is 18.1. The van der Waals surface area contributed by atoms with Gasteiger partial charge in [-0.05, 0) is 48.4 Å². The van der Waals surface area contributed by atoms with Crippen molar-refractivity contribution in [1.29, 1.82) is 0 Å². The zero-order valence-electron chi connectivity index (χ0n) is 17.3. The Labute approximate surface area is 191 Å². The lowest BCUT2D eigenvalue weighted by Gasteiger charge is -2.07. The maximum Gasteiger partial charge on any atom is 0.416 e. The lowest BCUT2D eigenvalue weighted by molar-refractivity contribution is -0.137. The third-order valence-corrected chi connectivity index (χ3v) is 5.86. The van der Waals surface area contributed by atoms with Gasteiger partial charge in [0.1, 0.15) is 17.3 Å². The highest BCUT2D eigenvalue weighted by Gasteiger charge is 2.31. The molecule has 0 aliphatic carbocycles. The van der Waals surface area contributed by atoms with Crippen LogP contribution in [0, 0.1) is 0 Å². The molecule has 33 heavy (non-hydrogen) atoms. The van der Waals surface area contributed by atoms with Crippen LogP contribution in [0.5, 0.6) is 5.75 Å². The summed E-state index contributed by atoms with van der Waals surface area (Å²) in [6.45, 7) is 0. The third kappa shape index (κ3) is 5.64. The molecule has 6 nitrogen and oxygen atoms in total. The molecule has 1 aliphatic heterocycles. The number of carbonyl (C=O) groups excluding carboxylic acids is 1. The van der Waals surface area contributed by atoms with E-state index in [-0.39, 0.29) is 16.9 Å². The van der Waals surface area contributed by atoms with Crippen molar-refractivity contribution in [2.24, 2.45) is 10.2 Å². The van der Waals surface area contributed by atoms with E-state index in [1.165, 1.54) is 30.1 Å². The number of methoxy groups -OCH3 is 1. The number of furan rings is 1. The Balaban J connectivity index is 1.38. The molecule has 0 saturated carbocycles. The van der Waals surface area contributed by atoms with Gasteiger partial charge in [0.15, 0.2) is 5.17 Å². The Kier molecular flexibility index (Phi) is 6.55. The van der Waals surface area contributed by atoms with Gasteiger partial charge in [0.25, 0.3) is 0 Å². The first-order chi connectivity index (χ1) is 15.8. The van der Waals surface area contributed by atoms with Crippen LogP contribution in [0.4, 0.5) is 13.2 Å². The molecular formula is C23H18F3N3O3S. The van der Waals surface area contributed by atoms with Gasteiger partial charge in [0, 0.05) is 5.56 Å². The van der Waals surface area contributed by atoms with Gasteiger partial charge in [0.05, 0.1) is 24.1 Å². The van der Waals surface area contributed by atoms with Crippen LogP contribution in [0.2, 0.25) is 0 Å². The minimum absolute atomic E-state index is 0.158. The lowest BCUT2D eigenvalue weighted by atomic mass is 10.1. The molecule has 1 aromatic heterocycles. The lowest BCUT2D eigenvalue weighted by Crippen LogP contribution is -2.25. The Morgan fingerprint density at radius 3 is 2.67 bits per heavy atom. The number of rotatable bonds is 6. The highest BCUT2D eigenvalue weighted by atomic mass is 32.2. The molecule has 1 amide bonds. The number of carbonyl (C=O) groups is 1. The fourth-order valence-electron chi connectivity index (χ4n) is 3.13. The molecule has 1 N–H and O–H groups in total. The number of halogens is 3. The second-order valence-corrected chi connectivity index (χ2v) is 8.27. The topological polar surface area (TPSA) is 76.2 Å². The zero-order chi connectivity index (χ0) is 23.4. The van der Waals surface area contributed by atoms with Crippen LogP contribution in [-0.2, 0) is 17.4 Å². The Morgan fingerprint density at radius 2 is 1.94 bits per heavy atom. The van der Waals surface area contributed by atoms with Gasteiger partial charge in [-0.15, -0.1) is 5.10 Å². The Morgan fingerprint density at radius 1 is 1.15 bits per heavy atom. The fourth-order valence-corrected chi connectivity index (χ4v) is 4.09. The summed E-state index contributed by atoms with van der Waals surface area (Å²) in [6, 6.07) is 15.5. The van der Waals surface area contributed by atoms with Crippen molar-refractivity contribution in [3.05, 3.63) is 77.6 Å². The van der Waals surface area contributed by atoms with Gasteiger partial charge in [-0.2, -0.15) is 18.3 Å². The predicted molar refractivity (Wildman–Crippen MR) is 120 cm³/mol. The Hall–Kier alpha value is -3.53. The van der Waals surface area contributed by atoms with E-state index in [1.54, 1.807) is 19.2 Å². The number of nitrogens with one attached hydrogen (secondary N) is 1. The van der Waals surface area contributed by atoms with E-state index in [4.69, 9.17) is 9.15 Å². The molecule has 10 heteroatoms. The summed E-state index contributed by atoms with van der Waals surface area (Å²) in [5.41, 5.74) is 0.540. The first kappa shape index (κ1) is 22.7. The molecule has 0 spiro atoms. The number of hydrogen-bond acceptors (Lipinski definition) is 6. The van der Waals surface area contributed by atoms with E-state index in [1.807, 2.05) is 24.3 Å². The van der Waals surface area contributed by atoms with Crippen molar-refractivity contribution in [3.63, 3.8) is 0 Å². The third-order valence-electron chi connectivity index (χ3n) is 4.79. The quantitative estimate of drug-likeness (QED) is 0.397. The van der Waals surface area contributed by atoms with E-state index in [0.29, 0.717) is 22.9 Å². The average Bonchev–Trinajstić information content (AvgIpc) is 3.41. The van der Waals surface area contributed by atoms with Crippen molar-refractivity contribution in [3.8, 4) is 17.1 Å². The SMILES string of the molecule is COc1ccc(CC2S/C(=N/N=Cc3ccc(-c4cccc(C(F)(F)F)c4)o3)NC2=O)cc1. The fraction of sp³-hybridized carbons (Fsp3) is 0.174. The van der Waals surface area contributed by atoms with Crippen molar-refractivity contribution >= 4 is 29.1 Å². The number of amides is 1. The largest absolute Gasteiger partial charge is 0.497 e. The summed E-state index contributed by atoms with van der Waals surface area (Å²) in [5.74, 6) is 1.18. The second-order valence-electron chi connectivity index (χ2n) is 7.08. The van der Waals surface area contributed by atoms with Crippen molar-refractivity contribution < 1.29 is 27.1 Å². The molecule has 4 rings (SSSR count). The van der Waals surface area contributed by atoms with Gasteiger partial charge in [-0.25, -0.2) is 0 Å². The summed E-state index contributed by atoms with van der Waals surface area (Å²) in [4.78, 5) is 12.2. The van der Waals surface area contributed by atoms with Crippen LogP contribution in [0.1, 0.15) is 16.9 Å². The van der Waals surface area contributed by atoms with Crippen molar-refractivity contribution in [2.75, 3.05) is 7.11 Å². The molecular weight excluding hydrogens is 455 g/mol. The van der Waals surface area contributed by atoms with E-state index in [0.717, 1.165) is 23.4 Å². The summed E-state index contributed by atoms with van der Waals surface area (Å²) >= 11 is 1.27. The van der Waals surface area contributed by atoms with Gasteiger partial charge in [-0.1, -0.05) is 36.0 Å². The van der Waals surface area contributed by atoms with Crippen molar-refractivity contribution in [1.82, 2.24) is 5.32 Å². The first-order valence-electron chi connectivity index (χ1n) is 9.81. The van der Waals surface area contributed by atoms with E-state index in [2.05, 4.69) is 15.5 Å². The van der Waals surface area contributed by atoms with E-state index in [9.17, 15) is 18.0 Å². The molecule has 0 bridgehead atoms. The van der Waals surface area contributed by atoms with Gasteiger partial charge >= 0.3 is 6.18 Å². The number of ether oxygens (including phenoxy) is 1. The number of alkyl halides is 3. The van der Waals surface area contributed by atoms with E-state index >= 15 is 0 Å². The van der Waals surface area contributed by atoms with Crippen LogP contribution >= 0.6 is 11.8 Å². The van der Waals surface area contributed by atoms with Crippen LogP contribution < -0.4 is 10.1 Å². The Bertz CT molecular complexity index is 1200. The molecule has 3 aromatic rings. The van der Waals surface area contributed by atoms with Crippen molar-refractivity contribution in [2.45, 2.75) is 17.8 Å². The maximum absolute atomic E-state index is 12.9. The molecule has 1 saturated heterocycles. The number of nitrogens with zero attached hydrogens (tertiary/aromatic N) is 2. The van der Waals surface area contributed by atoms with Crippen LogP contribution in [0.25, 0.3) is 11.3 Å². The predicted octanol–water partition coefficient (Wildman–Crippen LogP) is 5.14. The molecule has 2 aromatic carbocycles. The number of hydrogen-bond donors (Lipinski definition) is 1. The number of benzene rings is 2. The van der Waals surface area contributed by atoms with E-state index < -0.39 is 11.7 Å². The maximum atomic E-state index is 12.9. The highest BCUT2D eigenvalue weighted by Crippen LogP contribution is 2.32. The second kappa shape index (κ2) is 9.53. The van der Waals surface area contributed by atoms with Gasteiger partial charge in [-0.3, -0.25) is 4.79 Å². The molecule has 1 aliphatic rings. The molecule has 170 valence electrons. The highest BCUT2D eigenvalue weighted by molar-refractivity contribution is 8.15. The summed E-state index contributed by atoms with van der Waals surface area (Å²) in [5, 5.41) is 10.6. The molecule has 1 atom stereocenters. The molecule has 2 heterocycles.